The molecule has 0 bridgehead atoms. The fourth-order valence-corrected chi connectivity index (χ4v) is 2.89. The van der Waals surface area contributed by atoms with Crippen LogP contribution in [-0.4, -0.2) is 27.3 Å². The van der Waals surface area contributed by atoms with Crippen LogP contribution >= 0.6 is 0 Å². The average Bonchev–Trinajstić information content (AvgIpc) is 2.71. The molecule has 7 nitrogen and oxygen atoms in total. The van der Waals surface area contributed by atoms with Gasteiger partial charge in [0.1, 0.15) is 29.4 Å². The van der Waals surface area contributed by atoms with Crippen molar-refractivity contribution in [1.29, 1.82) is 0 Å². The van der Waals surface area contributed by atoms with E-state index in [2.05, 4.69) is 0 Å². The molecule has 0 fully saturated rings. The molecule has 1 heterocycles. The molecule has 3 rings (SSSR count). The Morgan fingerprint density at radius 2 is 1.64 bits per heavy atom. The third-order valence-electron chi connectivity index (χ3n) is 4.38. The number of esters is 1. The Labute approximate surface area is 161 Å². The van der Waals surface area contributed by atoms with Gasteiger partial charge in [0.05, 0.1) is 26.9 Å². The lowest BCUT2D eigenvalue weighted by atomic mass is 10.1. The monoisotopic (exact) mass is 384 g/mol. The molecule has 0 atom stereocenters. The van der Waals surface area contributed by atoms with Crippen LogP contribution in [0.2, 0.25) is 0 Å². The first-order valence-electron chi connectivity index (χ1n) is 8.47. The third kappa shape index (κ3) is 3.78. The molecule has 1 aromatic heterocycles. The van der Waals surface area contributed by atoms with E-state index in [9.17, 15) is 9.59 Å². The van der Waals surface area contributed by atoms with Crippen molar-refractivity contribution in [3.63, 3.8) is 0 Å². The van der Waals surface area contributed by atoms with E-state index in [1.165, 1.54) is 27.4 Å². The van der Waals surface area contributed by atoms with Gasteiger partial charge in [-0.3, -0.25) is 0 Å². The maximum atomic E-state index is 12.5. The van der Waals surface area contributed by atoms with Crippen molar-refractivity contribution in [2.24, 2.45) is 0 Å². The van der Waals surface area contributed by atoms with Crippen LogP contribution < -0.4 is 19.8 Å². The lowest BCUT2D eigenvalue weighted by molar-refractivity contribution is 0.0473. The van der Waals surface area contributed by atoms with Crippen molar-refractivity contribution < 1.29 is 28.2 Å². The number of carbonyl (C=O) groups excluding carboxylic acids is 1. The highest BCUT2D eigenvalue weighted by molar-refractivity contribution is 5.91. The number of methoxy groups -OCH3 is 3. The Bertz CT molecular complexity index is 1060. The van der Waals surface area contributed by atoms with E-state index < -0.39 is 11.6 Å². The van der Waals surface area contributed by atoms with Gasteiger partial charge in [-0.1, -0.05) is 0 Å². The first kappa shape index (κ1) is 19.3. The van der Waals surface area contributed by atoms with Crippen molar-refractivity contribution in [2.45, 2.75) is 13.5 Å². The molecule has 3 aromatic rings. The quantitative estimate of drug-likeness (QED) is 0.475. The second kappa shape index (κ2) is 8.04. The van der Waals surface area contributed by atoms with Gasteiger partial charge in [0.2, 0.25) is 0 Å². The number of carbonyl (C=O) groups is 1. The van der Waals surface area contributed by atoms with E-state index in [4.69, 9.17) is 23.4 Å². The summed E-state index contributed by atoms with van der Waals surface area (Å²) >= 11 is 0. The zero-order valence-corrected chi connectivity index (χ0v) is 16.0. The molecule has 0 amide bonds. The standard InChI is InChI=1S/C21H20O7/c1-12-17(25-3)7-13(8-18(12)26-4)21(23)27-11-14-9-20(22)28-19-10-15(24-2)5-6-16(14)19/h5-10H,11H2,1-4H3. The van der Waals surface area contributed by atoms with Crippen LogP contribution in [0.5, 0.6) is 17.2 Å². The summed E-state index contributed by atoms with van der Waals surface area (Å²) in [5.74, 6) is 1.03. The molecule has 0 aliphatic rings. The number of benzene rings is 2. The zero-order chi connectivity index (χ0) is 20.3. The lowest BCUT2D eigenvalue weighted by Gasteiger charge is -2.13. The summed E-state index contributed by atoms with van der Waals surface area (Å²) in [5, 5.41) is 0.660. The van der Waals surface area contributed by atoms with Crippen LogP contribution in [0.1, 0.15) is 21.5 Å². The molecule has 2 aromatic carbocycles. The van der Waals surface area contributed by atoms with Crippen LogP contribution in [-0.2, 0) is 11.3 Å². The third-order valence-corrected chi connectivity index (χ3v) is 4.38. The van der Waals surface area contributed by atoms with Gasteiger partial charge in [0.15, 0.2) is 0 Å². The Kier molecular flexibility index (Phi) is 5.54. The summed E-state index contributed by atoms with van der Waals surface area (Å²) in [7, 11) is 4.55. The summed E-state index contributed by atoms with van der Waals surface area (Å²) in [4.78, 5) is 24.4. The second-order valence-corrected chi connectivity index (χ2v) is 6.03. The van der Waals surface area contributed by atoms with E-state index in [1.54, 1.807) is 30.3 Å². The summed E-state index contributed by atoms with van der Waals surface area (Å²) < 4.78 is 26.3. The molecule has 0 aliphatic heterocycles. The first-order chi connectivity index (χ1) is 13.5. The minimum absolute atomic E-state index is 0.0915. The van der Waals surface area contributed by atoms with Gasteiger partial charge in [-0.15, -0.1) is 0 Å². The van der Waals surface area contributed by atoms with Crippen molar-refractivity contribution >= 4 is 16.9 Å². The van der Waals surface area contributed by atoms with Crippen LogP contribution in [0.4, 0.5) is 0 Å². The Morgan fingerprint density at radius 1 is 0.964 bits per heavy atom. The van der Waals surface area contributed by atoms with Crippen LogP contribution in [0.3, 0.4) is 0 Å². The van der Waals surface area contributed by atoms with E-state index in [1.807, 2.05) is 6.92 Å². The summed E-state index contributed by atoms with van der Waals surface area (Å²) in [6.45, 7) is 1.74. The lowest BCUT2D eigenvalue weighted by Crippen LogP contribution is -2.09. The minimum atomic E-state index is -0.563. The molecule has 0 saturated carbocycles. The topological polar surface area (TPSA) is 84.2 Å². The van der Waals surface area contributed by atoms with Gasteiger partial charge in [-0.2, -0.15) is 0 Å². The highest BCUT2D eigenvalue weighted by atomic mass is 16.5. The number of ether oxygens (including phenoxy) is 4. The van der Waals surface area contributed by atoms with Gasteiger partial charge in [0.25, 0.3) is 0 Å². The smallest absolute Gasteiger partial charge is 0.338 e. The molecular weight excluding hydrogens is 364 g/mol. The van der Waals surface area contributed by atoms with Gasteiger partial charge in [-0.25, -0.2) is 9.59 Å². The van der Waals surface area contributed by atoms with Crippen LogP contribution in [0, 0.1) is 6.92 Å². The van der Waals surface area contributed by atoms with E-state index >= 15 is 0 Å². The summed E-state index contributed by atoms with van der Waals surface area (Å²) in [6, 6.07) is 9.57. The van der Waals surface area contributed by atoms with E-state index in [-0.39, 0.29) is 12.2 Å². The SMILES string of the molecule is COc1ccc2c(COC(=O)c3cc(OC)c(C)c(OC)c3)cc(=O)oc2c1. The maximum Gasteiger partial charge on any atom is 0.338 e. The average molecular weight is 384 g/mol. The van der Waals surface area contributed by atoms with Gasteiger partial charge < -0.3 is 23.4 Å². The second-order valence-electron chi connectivity index (χ2n) is 6.03. The molecule has 7 heteroatoms. The molecular formula is C21H20O7. The highest BCUT2D eigenvalue weighted by Crippen LogP contribution is 2.30. The fraction of sp³-hybridized carbons (Fsp3) is 0.238. The van der Waals surface area contributed by atoms with E-state index in [0.717, 1.165) is 5.56 Å². The van der Waals surface area contributed by atoms with Crippen molar-refractivity contribution in [3.8, 4) is 17.2 Å². The highest BCUT2D eigenvalue weighted by Gasteiger charge is 2.16. The predicted octanol–water partition coefficient (Wildman–Crippen LogP) is 3.48. The fourth-order valence-electron chi connectivity index (χ4n) is 2.89. The van der Waals surface area contributed by atoms with Crippen molar-refractivity contribution in [1.82, 2.24) is 0 Å². The molecule has 28 heavy (non-hydrogen) atoms. The molecule has 0 radical (unpaired) electrons. The van der Waals surface area contributed by atoms with Crippen molar-refractivity contribution in [3.05, 3.63) is 63.5 Å². The molecule has 0 N–H and O–H groups in total. The van der Waals surface area contributed by atoms with E-state index in [0.29, 0.717) is 33.8 Å². The number of hydrogen-bond acceptors (Lipinski definition) is 7. The van der Waals surface area contributed by atoms with Gasteiger partial charge >= 0.3 is 11.6 Å². The summed E-state index contributed by atoms with van der Waals surface area (Å²) in [6.07, 6.45) is 0. The Balaban J connectivity index is 1.88. The number of hydrogen-bond donors (Lipinski definition) is 0. The Morgan fingerprint density at radius 3 is 2.25 bits per heavy atom. The molecule has 0 spiro atoms. The van der Waals surface area contributed by atoms with Gasteiger partial charge in [0, 0.05) is 28.6 Å². The molecule has 0 aliphatic carbocycles. The normalized spacial score (nSPS) is 10.6. The predicted molar refractivity (Wildman–Crippen MR) is 102 cm³/mol. The van der Waals surface area contributed by atoms with Crippen molar-refractivity contribution in [2.75, 3.05) is 21.3 Å². The molecule has 0 saturated heterocycles. The molecule has 146 valence electrons. The van der Waals surface area contributed by atoms with Crippen LogP contribution in [0.15, 0.2) is 45.6 Å². The largest absolute Gasteiger partial charge is 0.497 e. The zero-order valence-electron chi connectivity index (χ0n) is 16.0. The number of rotatable bonds is 6. The Hall–Kier alpha value is -3.48. The molecule has 0 unspecified atom stereocenters. The van der Waals surface area contributed by atoms with Crippen LogP contribution in [0.25, 0.3) is 11.0 Å². The first-order valence-corrected chi connectivity index (χ1v) is 8.47. The number of fused-ring (bicyclic) bond motifs is 1. The maximum absolute atomic E-state index is 12.5. The summed E-state index contributed by atoms with van der Waals surface area (Å²) in [5.41, 5.74) is 1.42. The minimum Gasteiger partial charge on any atom is -0.497 e. The van der Waals surface area contributed by atoms with Gasteiger partial charge in [-0.05, 0) is 31.2 Å².